The van der Waals surface area contributed by atoms with Crippen LogP contribution in [0, 0.1) is 5.92 Å². The summed E-state index contributed by atoms with van der Waals surface area (Å²) in [5.74, 6) is -1.10. The first-order chi connectivity index (χ1) is 15.2. The lowest BCUT2D eigenvalue weighted by molar-refractivity contribution is -0.149. The van der Waals surface area contributed by atoms with E-state index >= 15 is 0 Å². The number of amides is 1. The van der Waals surface area contributed by atoms with Crippen molar-refractivity contribution in [2.24, 2.45) is 5.92 Å². The second-order valence-corrected chi connectivity index (χ2v) is 10.3. The zero-order valence-electron chi connectivity index (χ0n) is 17.5. The number of methoxy groups -OCH3 is 1. The monoisotopic (exact) mass is 498 g/mol. The molecular weight excluding hydrogens is 475 g/mol. The predicted octanol–water partition coefficient (Wildman–Crippen LogP) is 3.60. The standard InChI is InChI=1S/C22H24Cl2N2O5S/c1-31-21(27)15-25(14-16-2-4-18(23)5-3-16)22(28)17-10-12-26(13-11-17)32(29,30)20-8-6-19(24)7-9-20/h2-9,17H,10-15H2,1H3. The summed E-state index contributed by atoms with van der Waals surface area (Å²) >= 11 is 11.8. The van der Waals surface area contributed by atoms with Crippen molar-refractivity contribution < 1.29 is 22.7 Å². The molecule has 0 aromatic heterocycles. The van der Waals surface area contributed by atoms with Crippen LogP contribution in [0.3, 0.4) is 0 Å². The Morgan fingerprint density at radius 2 is 1.53 bits per heavy atom. The maximum atomic E-state index is 13.2. The number of halogens is 2. The minimum absolute atomic E-state index is 0.168. The molecule has 1 amide bonds. The highest BCUT2D eigenvalue weighted by molar-refractivity contribution is 7.89. The number of rotatable bonds is 7. The predicted molar refractivity (Wildman–Crippen MR) is 122 cm³/mol. The molecule has 1 aliphatic rings. The van der Waals surface area contributed by atoms with E-state index in [2.05, 4.69) is 0 Å². The van der Waals surface area contributed by atoms with E-state index in [0.717, 1.165) is 5.56 Å². The molecule has 32 heavy (non-hydrogen) atoms. The minimum atomic E-state index is -3.66. The van der Waals surface area contributed by atoms with Gasteiger partial charge in [-0.05, 0) is 54.8 Å². The van der Waals surface area contributed by atoms with Gasteiger partial charge in [-0.3, -0.25) is 9.59 Å². The summed E-state index contributed by atoms with van der Waals surface area (Å²) in [5, 5.41) is 1.04. The Kier molecular flexibility index (Phi) is 8.16. The van der Waals surface area contributed by atoms with Crippen LogP contribution in [-0.2, 0) is 30.9 Å². The fraction of sp³-hybridized carbons (Fsp3) is 0.364. The maximum absolute atomic E-state index is 13.2. The van der Waals surface area contributed by atoms with Crippen molar-refractivity contribution in [3.63, 3.8) is 0 Å². The summed E-state index contributed by atoms with van der Waals surface area (Å²) in [6, 6.07) is 13.0. The van der Waals surface area contributed by atoms with E-state index in [0.29, 0.717) is 22.9 Å². The molecule has 0 N–H and O–H groups in total. The highest BCUT2D eigenvalue weighted by Gasteiger charge is 2.34. The van der Waals surface area contributed by atoms with E-state index in [1.807, 2.05) is 0 Å². The molecule has 172 valence electrons. The molecule has 1 fully saturated rings. The van der Waals surface area contributed by atoms with Crippen LogP contribution in [0.4, 0.5) is 0 Å². The molecule has 0 atom stereocenters. The lowest BCUT2D eigenvalue weighted by Gasteiger charge is -2.33. The molecule has 2 aromatic carbocycles. The largest absolute Gasteiger partial charge is 0.468 e. The van der Waals surface area contributed by atoms with Crippen LogP contribution in [0.5, 0.6) is 0 Å². The van der Waals surface area contributed by atoms with Crippen LogP contribution in [0.15, 0.2) is 53.4 Å². The molecule has 1 saturated heterocycles. The third-order valence-electron chi connectivity index (χ3n) is 5.40. The third kappa shape index (κ3) is 6.01. The average molecular weight is 499 g/mol. The first kappa shape index (κ1) is 24.5. The normalized spacial score (nSPS) is 15.3. The fourth-order valence-electron chi connectivity index (χ4n) is 3.60. The molecule has 0 spiro atoms. The summed E-state index contributed by atoms with van der Waals surface area (Å²) < 4.78 is 31.9. The molecule has 0 bridgehead atoms. The maximum Gasteiger partial charge on any atom is 0.325 e. The number of hydrogen-bond acceptors (Lipinski definition) is 5. The number of piperidine rings is 1. The van der Waals surface area contributed by atoms with E-state index in [1.54, 1.807) is 24.3 Å². The van der Waals surface area contributed by atoms with Gasteiger partial charge in [0.05, 0.1) is 12.0 Å². The van der Waals surface area contributed by atoms with Gasteiger partial charge in [-0.2, -0.15) is 4.31 Å². The summed E-state index contributed by atoms with van der Waals surface area (Å²) in [6.45, 7) is 0.485. The molecule has 0 aliphatic carbocycles. The van der Waals surface area contributed by atoms with E-state index in [4.69, 9.17) is 27.9 Å². The molecule has 0 unspecified atom stereocenters. The van der Waals surface area contributed by atoms with Crippen molar-refractivity contribution in [2.75, 3.05) is 26.7 Å². The number of carbonyl (C=O) groups excluding carboxylic acids is 2. The van der Waals surface area contributed by atoms with Crippen molar-refractivity contribution >= 4 is 45.1 Å². The smallest absolute Gasteiger partial charge is 0.325 e. The van der Waals surface area contributed by atoms with Gasteiger partial charge in [0, 0.05) is 35.6 Å². The van der Waals surface area contributed by atoms with Crippen LogP contribution >= 0.6 is 23.2 Å². The number of benzene rings is 2. The van der Waals surface area contributed by atoms with Crippen LogP contribution in [0.1, 0.15) is 18.4 Å². The number of ether oxygens (including phenoxy) is 1. The summed E-state index contributed by atoms with van der Waals surface area (Å²) in [7, 11) is -2.39. The Labute approximate surface area is 197 Å². The number of sulfonamides is 1. The lowest BCUT2D eigenvalue weighted by atomic mass is 9.96. The molecule has 10 heteroatoms. The Bertz CT molecular complexity index is 1050. The number of nitrogens with zero attached hydrogens (tertiary/aromatic N) is 2. The van der Waals surface area contributed by atoms with E-state index in [9.17, 15) is 18.0 Å². The highest BCUT2D eigenvalue weighted by Crippen LogP contribution is 2.26. The Balaban J connectivity index is 1.68. The molecule has 2 aromatic rings. The number of carbonyl (C=O) groups is 2. The van der Waals surface area contributed by atoms with E-state index in [-0.39, 0.29) is 42.9 Å². The second-order valence-electron chi connectivity index (χ2n) is 7.53. The van der Waals surface area contributed by atoms with Crippen LogP contribution in [0.2, 0.25) is 10.0 Å². The van der Waals surface area contributed by atoms with Gasteiger partial charge in [-0.25, -0.2) is 8.42 Å². The quantitative estimate of drug-likeness (QED) is 0.544. The fourth-order valence-corrected chi connectivity index (χ4v) is 5.32. The molecule has 3 rings (SSSR count). The van der Waals surface area contributed by atoms with Gasteiger partial charge in [-0.15, -0.1) is 0 Å². The molecule has 0 radical (unpaired) electrons. The SMILES string of the molecule is COC(=O)CN(Cc1ccc(Cl)cc1)C(=O)C1CCN(S(=O)(=O)c2ccc(Cl)cc2)CC1. The van der Waals surface area contributed by atoms with Gasteiger partial charge in [0.15, 0.2) is 0 Å². The second kappa shape index (κ2) is 10.7. The topological polar surface area (TPSA) is 84.0 Å². The first-order valence-electron chi connectivity index (χ1n) is 10.1. The van der Waals surface area contributed by atoms with Crippen molar-refractivity contribution in [3.05, 3.63) is 64.1 Å². The summed E-state index contributed by atoms with van der Waals surface area (Å²) in [5.41, 5.74) is 0.828. The Hall–Kier alpha value is -2.13. The van der Waals surface area contributed by atoms with E-state index in [1.165, 1.54) is 40.6 Å². The van der Waals surface area contributed by atoms with Crippen molar-refractivity contribution in [3.8, 4) is 0 Å². The molecule has 0 saturated carbocycles. The van der Waals surface area contributed by atoms with Gasteiger partial charge in [0.1, 0.15) is 6.54 Å². The Morgan fingerprint density at radius 1 is 1.00 bits per heavy atom. The van der Waals surface area contributed by atoms with Gasteiger partial charge >= 0.3 is 5.97 Å². The number of esters is 1. The van der Waals surface area contributed by atoms with Gasteiger partial charge in [0.2, 0.25) is 15.9 Å². The Morgan fingerprint density at radius 3 is 2.06 bits per heavy atom. The summed E-state index contributed by atoms with van der Waals surface area (Å²) in [4.78, 5) is 26.7. The number of hydrogen-bond donors (Lipinski definition) is 0. The van der Waals surface area contributed by atoms with Crippen molar-refractivity contribution in [1.29, 1.82) is 0 Å². The highest BCUT2D eigenvalue weighted by atomic mass is 35.5. The van der Waals surface area contributed by atoms with E-state index < -0.39 is 16.0 Å². The van der Waals surface area contributed by atoms with Gasteiger partial charge in [-0.1, -0.05) is 35.3 Å². The van der Waals surface area contributed by atoms with Crippen LogP contribution < -0.4 is 0 Å². The minimum Gasteiger partial charge on any atom is -0.468 e. The molecule has 7 nitrogen and oxygen atoms in total. The summed E-state index contributed by atoms with van der Waals surface area (Å²) in [6.07, 6.45) is 0.730. The van der Waals surface area contributed by atoms with Gasteiger partial charge < -0.3 is 9.64 Å². The molecule has 1 heterocycles. The molecular formula is C22H24Cl2N2O5S. The lowest BCUT2D eigenvalue weighted by Crippen LogP contribution is -2.45. The van der Waals surface area contributed by atoms with Crippen LogP contribution in [0.25, 0.3) is 0 Å². The first-order valence-corrected chi connectivity index (χ1v) is 12.3. The average Bonchev–Trinajstić information content (AvgIpc) is 2.80. The van der Waals surface area contributed by atoms with Crippen molar-refractivity contribution in [1.82, 2.24) is 9.21 Å². The zero-order valence-corrected chi connectivity index (χ0v) is 19.9. The zero-order chi connectivity index (χ0) is 23.3. The third-order valence-corrected chi connectivity index (χ3v) is 7.82. The van der Waals surface area contributed by atoms with Gasteiger partial charge in [0.25, 0.3) is 0 Å². The van der Waals surface area contributed by atoms with Crippen molar-refractivity contribution in [2.45, 2.75) is 24.3 Å². The van der Waals surface area contributed by atoms with Crippen LogP contribution in [-0.4, -0.2) is 56.2 Å². The molecule has 1 aliphatic heterocycles.